The van der Waals surface area contributed by atoms with Gasteiger partial charge in [0, 0.05) is 11.9 Å². The molecule has 0 spiro atoms. The summed E-state index contributed by atoms with van der Waals surface area (Å²) in [6.07, 6.45) is 7.04. The van der Waals surface area contributed by atoms with Gasteiger partial charge in [-0.3, -0.25) is 0 Å². The van der Waals surface area contributed by atoms with E-state index in [1.54, 1.807) is 0 Å². The number of carboxylic acid groups (broad SMARTS) is 2. The van der Waals surface area contributed by atoms with Crippen molar-refractivity contribution >= 4 is 11.9 Å². The van der Waals surface area contributed by atoms with E-state index in [1.165, 1.54) is 0 Å². The standard InChI is InChI=1S/2C8H16O2.Fe/c2*1-3-5-6-7(4-2)8(9)10;/h2*7H,3-6H2,1-2H3,(H,9,10);/q;;+2/p-2. The van der Waals surface area contributed by atoms with Crippen molar-refractivity contribution < 1.29 is 36.9 Å². The summed E-state index contributed by atoms with van der Waals surface area (Å²) in [7, 11) is 0. The van der Waals surface area contributed by atoms with Crippen molar-refractivity contribution in [2.75, 3.05) is 0 Å². The maximum absolute atomic E-state index is 10.3. The van der Waals surface area contributed by atoms with Gasteiger partial charge in [0.15, 0.2) is 0 Å². The molecule has 0 amide bonds. The zero-order valence-corrected chi connectivity index (χ0v) is 14.9. The van der Waals surface area contributed by atoms with Crippen molar-refractivity contribution in [3.63, 3.8) is 0 Å². The molecular formula is C16H30FeO4. The van der Waals surface area contributed by atoms with Crippen LogP contribution in [0.15, 0.2) is 0 Å². The molecule has 0 aliphatic carbocycles. The molecule has 4 nitrogen and oxygen atoms in total. The molecule has 0 saturated heterocycles. The Labute approximate surface area is 140 Å². The molecule has 21 heavy (non-hydrogen) atoms. The number of unbranched alkanes of at least 4 members (excludes halogenated alkanes) is 2. The summed E-state index contributed by atoms with van der Waals surface area (Å²) in [6, 6.07) is 0. The second-order valence-electron chi connectivity index (χ2n) is 5.13. The Hall–Kier alpha value is -0.541. The number of carbonyl (C=O) groups is 2. The van der Waals surface area contributed by atoms with Crippen LogP contribution in [0.1, 0.15) is 79.1 Å². The third-order valence-electron chi connectivity index (χ3n) is 3.46. The minimum atomic E-state index is -0.893. The predicted octanol–water partition coefficient (Wildman–Crippen LogP) is 1.90. The van der Waals surface area contributed by atoms with E-state index in [2.05, 4.69) is 13.8 Å². The summed E-state index contributed by atoms with van der Waals surface area (Å²) in [5.74, 6) is -2.23. The maximum atomic E-state index is 10.3. The van der Waals surface area contributed by atoms with Gasteiger partial charge in [-0.25, -0.2) is 0 Å². The molecule has 0 radical (unpaired) electrons. The van der Waals surface area contributed by atoms with Crippen LogP contribution in [0.5, 0.6) is 0 Å². The molecule has 0 aromatic rings. The molecule has 0 fully saturated rings. The van der Waals surface area contributed by atoms with E-state index < -0.39 is 11.9 Å². The molecule has 5 heteroatoms. The largest absolute Gasteiger partial charge is 2.00 e. The molecule has 0 aliphatic heterocycles. The maximum Gasteiger partial charge on any atom is 2.00 e. The van der Waals surface area contributed by atoms with E-state index in [-0.39, 0.29) is 28.9 Å². The number of hydrogen-bond acceptors (Lipinski definition) is 4. The molecule has 0 N–H and O–H groups in total. The SMILES string of the molecule is CCCCC(CC)C(=O)[O-].CCCCC(CC)C(=O)[O-].[Fe+2]. The molecule has 0 heterocycles. The number of rotatable bonds is 10. The van der Waals surface area contributed by atoms with E-state index in [4.69, 9.17) is 0 Å². The fourth-order valence-corrected chi connectivity index (χ4v) is 1.88. The fourth-order valence-electron chi connectivity index (χ4n) is 1.88. The predicted molar refractivity (Wildman–Crippen MR) is 76.6 cm³/mol. The van der Waals surface area contributed by atoms with Gasteiger partial charge in [-0.15, -0.1) is 0 Å². The Bertz CT molecular complexity index is 231. The number of hydrogen-bond donors (Lipinski definition) is 0. The van der Waals surface area contributed by atoms with Crippen LogP contribution in [0.4, 0.5) is 0 Å². The first-order valence-corrected chi connectivity index (χ1v) is 7.86. The number of carbonyl (C=O) groups excluding carboxylic acids is 2. The van der Waals surface area contributed by atoms with Crippen molar-refractivity contribution in [3.8, 4) is 0 Å². The first-order valence-electron chi connectivity index (χ1n) is 7.86. The molecule has 0 rings (SSSR count). The first-order chi connectivity index (χ1) is 9.44. The van der Waals surface area contributed by atoms with Gasteiger partial charge in [-0.2, -0.15) is 0 Å². The van der Waals surface area contributed by atoms with E-state index in [0.29, 0.717) is 12.8 Å². The van der Waals surface area contributed by atoms with Gasteiger partial charge in [0.05, 0.1) is 0 Å². The summed E-state index contributed by atoms with van der Waals surface area (Å²) < 4.78 is 0. The van der Waals surface area contributed by atoms with Crippen LogP contribution < -0.4 is 10.2 Å². The number of aliphatic carboxylic acids is 2. The van der Waals surface area contributed by atoms with Gasteiger partial charge in [0.25, 0.3) is 0 Å². The average Bonchev–Trinajstić information content (AvgIpc) is 2.40. The van der Waals surface area contributed by atoms with Crippen molar-refractivity contribution in [2.24, 2.45) is 11.8 Å². The Morgan fingerprint density at radius 1 is 0.762 bits per heavy atom. The second kappa shape index (κ2) is 17.5. The molecule has 0 aliphatic rings. The van der Waals surface area contributed by atoms with Gasteiger partial charge in [-0.05, 0) is 37.5 Å². The first kappa shape index (κ1) is 25.4. The quantitative estimate of drug-likeness (QED) is 0.568. The third kappa shape index (κ3) is 15.7. The van der Waals surface area contributed by atoms with Gasteiger partial charge < -0.3 is 19.8 Å². The Balaban J connectivity index is -0.000000295. The normalized spacial score (nSPS) is 12.4. The topological polar surface area (TPSA) is 80.3 Å². The van der Waals surface area contributed by atoms with Gasteiger partial charge in [-0.1, -0.05) is 53.4 Å². The summed E-state index contributed by atoms with van der Waals surface area (Å²) in [4.78, 5) is 20.7. The van der Waals surface area contributed by atoms with Crippen LogP contribution in [0, 0.1) is 11.8 Å². The van der Waals surface area contributed by atoms with Crippen LogP contribution in [0.25, 0.3) is 0 Å². The van der Waals surface area contributed by atoms with E-state index in [1.807, 2.05) is 13.8 Å². The Morgan fingerprint density at radius 2 is 1.05 bits per heavy atom. The van der Waals surface area contributed by atoms with Crippen molar-refractivity contribution in [1.82, 2.24) is 0 Å². The van der Waals surface area contributed by atoms with Gasteiger partial charge in [0.1, 0.15) is 0 Å². The molecule has 126 valence electrons. The summed E-state index contributed by atoms with van der Waals surface area (Å²) in [5.41, 5.74) is 0. The third-order valence-corrected chi connectivity index (χ3v) is 3.46. The average molecular weight is 342 g/mol. The minimum Gasteiger partial charge on any atom is -0.550 e. The molecule has 0 aromatic heterocycles. The van der Waals surface area contributed by atoms with E-state index >= 15 is 0 Å². The van der Waals surface area contributed by atoms with E-state index in [0.717, 1.165) is 38.5 Å². The van der Waals surface area contributed by atoms with Crippen molar-refractivity contribution in [1.29, 1.82) is 0 Å². The molecule has 0 bridgehead atoms. The Morgan fingerprint density at radius 3 is 1.19 bits per heavy atom. The zero-order chi connectivity index (χ0) is 16.0. The fraction of sp³-hybridized carbons (Fsp3) is 0.875. The van der Waals surface area contributed by atoms with Gasteiger partial charge >= 0.3 is 17.1 Å². The summed E-state index contributed by atoms with van der Waals surface area (Å²) >= 11 is 0. The van der Waals surface area contributed by atoms with Crippen LogP contribution in [0.2, 0.25) is 0 Å². The van der Waals surface area contributed by atoms with Crippen LogP contribution in [0.3, 0.4) is 0 Å². The van der Waals surface area contributed by atoms with Crippen LogP contribution in [-0.4, -0.2) is 11.9 Å². The minimum absolute atomic E-state index is 0. The zero-order valence-electron chi connectivity index (χ0n) is 13.8. The van der Waals surface area contributed by atoms with E-state index in [9.17, 15) is 19.8 Å². The molecule has 0 saturated carbocycles. The molecule has 0 aromatic carbocycles. The molecule has 2 unspecified atom stereocenters. The Kier molecular flexibility index (Phi) is 21.2. The molecular weight excluding hydrogens is 312 g/mol. The van der Waals surface area contributed by atoms with Crippen molar-refractivity contribution in [2.45, 2.75) is 79.1 Å². The van der Waals surface area contributed by atoms with Gasteiger partial charge in [0.2, 0.25) is 0 Å². The summed E-state index contributed by atoms with van der Waals surface area (Å²) in [5, 5.41) is 20.7. The summed E-state index contributed by atoms with van der Waals surface area (Å²) in [6.45, 7) is 7.89. The smallest absolute Gasteiger partial charge is 0.550 e. The van der Waals surface area contributed by atoms with Crippen molar-refractivity contribution in [3.05, 3.63) is 0 Å². The van der Waals surface area contributed by atoms with Crippen LogP contribution >= 0.6 is 0 Å². The van der Waals surface area contributed by atoms with Crippen LogP contribution in [-0.2, 0) is 26.7 Å². The number of carboxylic acids is 2. The second-order valence-corrected chi connectivity index (χ2v) is 5.13. The molecule has 2 atom stereocenters. The monoisotopic (exact) mass is 342 g/mol.